The molecule has 0 aliphatic heterocycles. The van der Waals surface area contributed by atoms with Gasteiger partial charge in [-0.25, -0.2) is 0 Å². The van der Waals surface area contributed by atoms with Crippen LogP contribution in [0.25, 0.3) is 0 Å². The second-order valence-electron chi connectivity index (χ2n) is 4.80. The molecular weight excluding hydrogens is 306 g/mol. The third-order valence-corrected chi connectivity index (χ3v) is 4.95. The molecule has 0 saturated heterocycles. The Kier molecular flexibility index (Phi) is 5.56. The lowest BCUT2D eigenvalue weighted by atomic mass is 9.89. The van der Waals surface area contributed by atoms with Crippen molar-refractivity contribution < 1.29 is 9.53 Å². The molecule has 4 heteroatoms. The van der Waals surface area contributed by atoms with Gasteiger partial charge >= 0.3 is 0 Å². The fourth-order valence-electron chi connectivity index (χ4n) is 2.30. The van der Waals surface area contributed by atoms with E-state index in [-0.39, 0.29) is 11.7 Å². The summed E-state index contributed by atoms with van der Waals surface area (Å²) in [4.78, 5) is 12.6. The summed E-state index contributed by atoms with van der Waals surface area (Å²) in [5, 5.41) is 0. The van der Waals surface area contributed by atoms with Gasteiger partial charge in [-0.05, 0) is 43.9 Å². The molecule has 0 aliphatic carbocycles. The standard InChI is InChI=1S/C15H22BrNO2/c1-6-11(7-17)14(18)12-10(4)13(16)8(2)9(3)15(12)19-5/h11H,6-7,17H2,1-5H3. The third-order valence-electron chi connectivity index (χ3n) is 3.76. The van der Waals surface area contributed by atoms with E-state index in [1.807, 2.05) is 27.7 Å². The minimum absolute atomic E-state index is 0.0724. The summed E-state index contributed by atoms with van der Waals surface area (Å²) in [6.45, 7) is 8.27. The molecule has 2 N–H and O–H groups in total. The van der Waals surface area contributed by atoms with Gasteiger partial charge in [0.2, 0.25) is 0 Å². The molecule has 1 unspecified atom stereocenters. The molecule has 3 nitrogen and oxygen atoms in total. The quantitative estimate of drug-likeness (QED) is 0.841. The highest BCUT2D eigenvalue weighted by atomic mass is 79.9. The van der Waals surface area contributed by atoms with E-state index in [9.17, 15) is 4.79 Å². The zero-order valence-electron chi connectivity index (χ0n) is 12.3. The number of Topliss-reactive ketones (excluding diaryl/α,β-unsaturated/α-hetero) is 1. The Labute approximate surface area is 123 Å². The van der Waals surface area contributed by atoms with Crippen molar-refractivity contribution in [3.8, 4) is 5.75 Å². The van der Waals surface area contributed by atoms with E-state index >= 15 is 0 Å². The Morgan fingerprint density at radius 1 is 1.26 bits per heavy atom. The summed E-state index contributed by atoms with van der Waals surface area (Å²) in [7, 11) is 1.61. The van der Waals surface area contributed by atoms with Crippen LogP contribution in [0.3, 0.4) is 0 Å². The molecule has 1 atom stereocenters. The van der Waals surface area contributed by atoms with Crippen LogP contribution in [0, 0.1) is 26.7 Å². The van der Waals surface area contributed by atoms with Gasteiger partial charge in [0.05, 0.1) is 12.7 Å². The lowest BCUT2D eigenvalue weighted by molar-refractivity contribution is 0.0917. The summed E-state index contributed by atoms with van der Waals surface area (Å²) in [6.07, 6.45) is 0.739. The first-order valence-electron chi connectivity index (χ1n) is 6.48. The number of hydrogen-bond acceptors (Lipinski definition) is 3. The molecule has 0 saturated carbocycles. The van der Waals surface area contributed by atoms with Crippen molar-refractivity contribution in [3.05, 3.63) is 26.7 Å². The van der Waals surface area contributed by atoms with Gasteiger partial charge in [0.1, 0.15) is 5.75 Å². The molecule has 0 aromatic heterocycles. The molecule has 0 spiro atoms. The number of nitrogens with two attached hydrogens (primary N) is 1. The van der Waals surface area contributed by atoms with Crippen molar-refractivity contribution in [1.82, 2.24) is 0 Å². The predicted molar refractivity (Wildman–Crippen MR) is 82.1 cm³/mol. The minimum Gasteiger partial charge on any atom is -0.496 e. The maximum absolute atomic E-state index is 12.6. The van der Waals surface area contributed by atoms with Gasteiger partial charge in [0.15, 0.2) is 5.78 Å². The van der Waals surface area contributed by atoms with Crippen LogP contribution in [0.2, 0.25) is 0 Å². The summed E-state index contributed by atoms with van der Waals surface area (Å²) in [6, 6.07) is 0. The smallest absolute Gasteiger partial charge is 0.171 e. The van der Waals surface area contributed by atoms with Gasteiger partial charge in [-0.3, -0.25) is 4.79 Å². The first-order chi connectivity index (χ1) is 8.90. The van der Waals surface area contributed by atoms with Crippen molar-refractivity contribution >= 4 is 21.7 Å². The van der Waals surface area contributed by atoms with Crippen molar-refractivity contribution in [1.29, 1.82) is 0 Å². The fourth-order valence-corrected chi connectivity index (χ4v) is 2.79. The second kappa shape index (κ2) is 6.53. The molecule has 19 heavy (non-hydrogen) atoms. The largest absolute Gasteiger partial charge is 0.496 e. The number of rotatable bonds is 5. The van der Waals surface area contributed by atoms with E-state index in [2.05, 4.69) is 15.9 Å². The maximum atomic E-state index is 12.6. The topological polar surface area (TPSA) is 52.3 Å². The number of benzene rings is 1. The van der Waals surface area contributed by atoms with Crippen molar-refractivity contribution in [2.24, 2.45) is 11.7 Å². The normalized spacial score (nSPS) is 12.4. The van der Waals surface area contributed by atoms with E-state index in [0.29, 0.717) is 17.9 Å². The van der Waals surface area contributed by atoms with Gasteiger partial charge in [0, 0.05) is 16.9 Å². The zero-order valence-corrected chi connectivity index (χ0v) is 13.8. The van der Waals surface area contributed by atoms with E-state index in [1.54, 1.807) is 7.11 Å². The van der Waals surface area contributed by atoms with Crippen LogP contribution in [0.1, 0.15) is 40.4 Å². The summed E-state index contributed by atoms with van der Waals surface area (Å²) in [5.41, 5.74) is 9.38. The van der Waals surface area contributed by atoms with Crippen LogP contribution < -0.4 is 10.5 Å². The molecule has 0 aliphatic rings. The van der Waals surface area contributed by atoms with E-state index < -0.39 is 0 Å². The first kappa shape index (κ1) is 16.2. The van der Waals surface area contributed by atoms with E-state index in [0.717, 1.165) is 27.6 Å². The molecule has 1 aromatic rings. The Hall–Kier alpha value is -0.870. The third kappa shape index (κ3) is 2.84. The Balaban J connectivity index is 3.54. The number of carbonyl (C=O) groups excluding carboxylic acids is 1. The SMILES string of the molecule is CCC(CN)C(=O)c1c(C)c(Br)c(C)c(C)c1OC. The highest BCUT2D eigenvalue weighted by molar-refractivity contribution is 9.10. The van der Waals surface area contributed by atoms with Crippen LogP contribution in [0.4, 0.5) is 0 Å². The van der Waals surface area contributed by atoms with Crippen molar-refractivity contribution in [3.63, 3.8) is 0 Å². The lowest BCUT2D eigenvalue weighted by Crippen LogP contribution is -2.24. The van der Waals surface area contributed by atoms with Gasteiger partial charge in [-0.15, -0.1) is 0 Å². The van der Waals surface area contributed by atoms with E-state index in [4.69, 9.17) is 10.5 Å². The number of halogens is 1. The molecule has 0 radical (unpaired) electrons. The Morgan fingerprint density at radius 3 is 2.26 bits per heavy atom. The summed E-state index contributed by atoms with van der Waals surface area (Å²) < 4.78 is 6.44. The molecule has 0 amide bonds. The van der Waals surface area contributed by atoms with Gasteiger partial charge in [0.25, 0.3) is 0 Å². The molecule has 106 valence electrons. The molecular formula is C15H22BrNO2. The van der Waals surface area contributed by atoms with Crippen molar-refractivity contribution in [2.45, 2.75) is 34.1 Å². The molecule has 0 fully saturated rings. The number of ketones is 1. The minimum atomic E-state index is -0.151. The molecule has 0 heterocycles. The average molecular weight is 328 g/mol. The summed E-state index contributed by atoms with van der Waals surface area (Å²) >= 11 is 3.57. The average Bonchev–Trinajstić information content (AvgIpc) is 2.41. The summed E-state index contributed by atoms with van der Waals surface area (Å²) in [5.74, 6) is 0.597. The molecule has 0 bridgehead atoms. The van der Waals surface area contributed by atoms with Gasteiger partial charge in [-0.1, -0.05) is 22.9 Å². The predicted octanol–water partition coefficient (Wildman–Crippen LogP) is 3.55. The highest BCUT2D eigenvalue weighted by Gasteiger charge is 2.26. The number of carbonyl (C=O) groups is 1. The Bertz CT molecular complexity index is 494. The van der Waals surface area contributed by atoms with Crippen LogP contribution in [0.5, 0.6) is 5.75 Å². The van der Waals surface area contributed by atoms with Crippen molar-refractivity contribution in [2.75, 3.05) is 13.7 Å². The Morgan fingerprint density at radius 2 is 1.84 bits per heavy atom. The lowest BCUT2D eigenvalue weighted by Gasteiger charge is -2.20. The zero-order chi connectivity index (χ0) is 14.7. The van der Waals surface area contributed by atoms with Gasteiger partial charge in [-0.2, -0.15) is 0 Å². The monoisotopic (exact) mass is 327 g/mol. The number of methoxy groups -OCH3 is 1. The van der Waals surface area contributed by atoms with Crippen LogP contribution in [0.15, 0.2) is 4.47 Å². The van der Waals surface area contributed by atoms with Gasteiger partial charge < -0.3 is 10.5 Å². The molecule has 1 aromatic carbocycles. The van der Waals surface area contributed by atoms with Crippen LogP contribution in [-0.2, 0) is 0 Å². The van der Waals surface area contributed by atoms with Crippen LogP contribution in [-0.4, -0.2) is 19.4 Å². The molecule has 1 rings (SSSR count). The van der Waals surface area contributed by atoms with Crippen LogP contribution >= 0.6 is 15.9 Å². The number of hydrogen-bond donors (Lipinski definition) is 1. The maximum Gasteiger partial charge on any atom is 0.171 e. The highest BCUT2D eigenvalue weighted by Crippen LogP contribution is 2.37. The fraction of sp³-hybridized carbons (Fsp3) is 0.533. The second-order valence-corrected chi connectivity index (χ2v) is 5.60. The van der Waals surface area contributed by atoms with E-state index in [1.165, 1.54) is 0 Å². The first-order valence-corrected chi connectivity index (χ1v) is 7.27. The number of ether oxygens (including phenoxy) is 1.